The molecule has 1 unspecified atom stereocenters. The van der Waals surface area contributed by atoms with Crippen molar-refractivity contribution in [3.05, 3.63) is 60.2 Å². The van der Waals surface area contributed by atoms with Crippen molar-refractivity contribution in [2.24, 2.45) is 0 Å². The predicted molar refractivity (Wildman–Crippen MR) is 80.8 cm³/mol. The Morgan fingerprint density at radius 2 is 1.62 bits per heavy atom. The zero-order valence-electron chi connectivity index (χ0n) is 12.0. The van der Waals surface area contributed by atoms with Crippen molar-refractivity contribution < 1.29 is 17.3 Å². The molecule has 0 amide bonds. The van der Waals surface area contributed by atoms with Crippen molar-refractivity contribution in [1.29, 1.82) is 0 Å². The molecule has 1 atom stereocenters. The van der Waals surface area contributed by atoms with E-state index in [1.807, 2.05) is 25.1 Å². The van der Waals surface area contributed by atoms with Crippen molar-refractivity contribution in [3.63, 3.8) is 0 Å². The minimum Gasteiger partial charge on any atom is -0.491 e. The van der Waals surface area contributed by atoms with Crippen LogP contribution in [0.15, 0.2) is 59.5 Å². The molecule has 5 heteroatoms. The summed E-state index contributed by atoms with van der Waals surface area (Å²) in [6.07, 6.45) is -0.573. The first-order valence-electron chi connectivity index (χ1n) is 6.65. The Bertz CT molecular complexity index is 663. The zero-order valence-corrected chi connectivity index (χ0v) is 12.8. The number of benzene rings is 2. The maximum absolute atomic E-state index is 12.1. The maximum Gasteiger partial charge on any atom is 0.297 e. The fraction of sp³-hybridized carbons (Fsp3) is 0.250. The first-order chi connectivity index (χ1) is 9.97. The van der Waals surface area contributed by atoms with Crippen molar-refractivity contribution in [1.82, 2.24) is 0 Å². The molecule has 0 aliphatic heterocycles. The Morgan fingerprint density at radius 1 is 1.00 bits per heavy atom. The quantitative estimate of drug-likeness (QED) is 0.769. The molecule has 0 aromatic heterocycles. The highest BCUT2D eigenvalue weighted by molar-refractivity contribution is 7.86. The fourth-order valence-corrected chi connectivity index (χ4v) is 2.80. The minimum absolute atomic E-state index is 0.152. The summed E-state index contributed by atoms with van der Waals surface area (Å²) in [4.78, 5) is 0.152. The molecule has 0 heterocycles. The number of aryl methyl sites for hydroxylation is 1. The molecule has 0 aliphatic rings. The molecule has 0 N–H and O–H groups in total. The summed E-state index contributed by atoms with van der Waals surface area (Å²) in [6.45, 7) is 3.72. The average molecular weight is 306 g/mol. The van der Waals surface area contributed by atoms with E-state index >= 15 is 0 Å². The van der Waals surface area contributed by atoms with E-state index < -0.39 is 16.2 Å². The van der Waals surface area contributed by atoms with Crippen LogP contribution in [0.3, 0.4) is 0 Å². The van der Waals surface area contributed by atoms with E-state index in [2.05, 4.69) is 0 Å². The Hall–Kier alpha value is -1.85. The lowest BCUT2D eigenvalue weighted by atomic mass is 10.2. The zero-order chi connectivity index (χ0) is 15.3. The molecular weight excluding hydrogens is 288 g/mol. The summed E-state index contributed by atoms with van der Waals surface area (Å²) in [5, 5.41) is 0. The Balaban J connectivity index is 1.95. The molecule has 4 nitrogen and oxygen atoms in total. The number of rotatable bonds is 6. The van der Waals surface area contributed by atoms with Crippen molar-refractivity contribution in [2.45, 2.75) is 24.8 Å². The van der Waals surface area contributed by atoms with Gasteiger partial charge in [-0.3, -0.25) is 4.18 Å². The van der Waals surface area contributed by atoms with Crippen LogP contribution < -0.4 is 4.74 Å². The molecular formula is C16H18O4S. The fourth-order valence-electron chi connectivity index (χ4n) is 1.73. The molecule has 2 aromatic carbocycles. The lowest BCUT2D eigenvalue weighted by Gasteiger charge is -2.14. The lowest BCUT2D eigenvalue weighted by molar-refractivity contribution is 0.149. The van der Waals surface area contributed by atoms with Gasteiger partial charge in [-0.2, -0.15) is 8.42 Å². The van der Waals surface area contributed by atoms with Gasteiger partial charge in [-0.25, -0.2) is 0 Å². The van der Waals surface area contributed by atoms with Gasteiger partial charge in [0.2, 0.25) is 0 Å². The summed E-state index contributed by atoms with van der Waals surface area (Å²) >= 11 is 0. The number of para-hydroxylation sites is 1. The molecule has 0 radical (unpaired) electrons. The summed E-state index contributed by atoms with van der Waals surface area (Å²) < 4.78 is 34.8. The summed E-state index contributed by atoms with van der Waals surface area (Å²) in [6, 6.07) is 15.7. The van der Waals surface area contributed by atoms with Crippen molar-refractivity contribution >= 4 is 10.1 Å². The van der Waals surface area contributed by atoms with Crippen LogP contribution in [-0.4, -0.2) is 21.1 Å². The van der Waals surface area contributed by atoms with Gasteiger partial charge in [0.05, 0.1) is 4.90 Å². The second-order valence-electron chi connectivity index (χ2n) is 4.80. The van der Waals surface area contributed by atoms with Crippen LogP contribution in [0.4, 0.5) is 0 Å². The monoisotopic (exact) mass is 306 g/mol. The van der Waals surface area contributed by atoms with Crippen LogP contribution in [-0.2, 0) is 14.3 Å². The molecule has 0 saturated carbocycles. The summed E-state index contributed by atoms with van der Waals surface area (Å²) in [7, 11) is -3.76. The molecule has 2 aromatic rings. The predicted octanol–water partition coefficient (Wildman–Crippen LogP) is 3.17. The van der Waals surface area contributed by atoms with E-state index in [0.29, 0.717) is 5.75 Å². The molecule has 0 bridgehead atoms. The largest absolute Gasteiger partial charge is 0.491 e. The second kappa shape index (κ2) is 6.74. The van der Waals surface area contributed by atoms with E-state index in [9.17, 15) is 8.42 Å². The van der Waals surface area contributed by atoms with Gasteiger partial charge in [0.25, 0.3) is 10.1 Å². The minimum atomic E-state index is -3.76. The maximum atomic E-state index is 12.1. The van der Waals surface area contributed by atoms with Crippen LogP contribution >= 0.6 is 0 Å². The van der Waals surface area contributed by atoms with E-state index in [1.165, 1.54) is 12.1 Å². The Kier molecular flexibility index (Phi) is 4.98. The van der Waals surface area contributed by atoms with Crippen molar-refractivity contribution in [3.8, 4) is 5.75 Å². The molecule has 0 aliphatic carbocycles. The third-order valence-electron chi connectivity index (χ3n) is 2.83. The van der Waals surface area contributed by atoms with E-state index in [4.69, 9.17) is 8.92 Å². The smallest absolute Gasteiger partial charge is 0.297 e. The number of hydrogen-bond acceptors (Lipinski definition) is 4. The summed E-state index contributed by atoms with van der Waals surface area (Å²) in [5.74, 6) is 0.681. The van der Waals surface area contributed by atoms with Crippen LogP contribution in [0.1, 0.15) is 12.5 Å². The van der Waals surface area contributed by atoms with Crippen LogP contribution in [0.25, 0.3) is 0 Å². The van der Waals surface area contributed by atoms with Gasteiger partial charge in [-0.1, -0.05) is 35.9 Å². The van der Waals surface area contributed by atoms with Gasteiger partial charge < -0.3 is 4.74 Å². The molecule has 0 spiro atoms. The normalized spacial score (nSPS) is 12.9. The van der Waals surface area contributed by atoms with E-state index in [1.54, 1.807) is 31.2 Å². The molecule has 2 rings (SSSR count). The second-order valence-corrected chi connectivity index (χ2v) is 6.37. The SMILES string of the molecule is Cc1ccc(S(=O)(=O)OC(C)COc2ccccc2)cc1. The standard InChI is InChI=1S/C16H18O4S/c1-13-8-10-16(11-9-13)21(17,18)20-14(2)12-19-15-6-4-3-5-7-15/h3-11,14H,12H2,1-2H3. The topological polar surface area (TPSA) is 52.6 Å². The van der Waals surface area contributed by atoms with Gasteiger partial charge in [0.15, 0.2) is 0 Å². The van der Waals surface area contributed by atoms with E-state index in [-0.39, 0.29) is 11.5 Å². The van der Waals surface area contributed by atoms with Crippen LogP contribution in [0.2, 0.25) is 0 Å². The summed E-state index contributed by atoms with van der Waals surface area (Å²) in [5.41, 5.74) is 0.995. The lowest BCUT2D eigenvalue weighted by Crippen LogP contribution is -2.22. The third kappa shape index (κ3) is 4.58. The number of hydrogen-bond donors (Lipinski definition) is 0. The van der Waals surface area contributed by atoms with Gasteiger partial charge in [0, 0.05) is 0 Å². The van der Waals surface area contributed by atoms with E-state index in [0.717, 1.165) is 5.56 Å². The van der Waals surface area contributed by atoms with Gasteiger partial charge in [-0.05, 0) is 38.1 Å². The van der Waals surface area contributed by atoms with Gasteiger partial charge in [0.1, 0.15) is 18.5 Å². The van der Waals surface area contributed by atoms with Crippen molar-refractivity contribution in [2.75, 3.05) is 6.61 Å². The average Bonchev–Trinajstić information content (AvgIpc) is 2.46. The highest BCUT2D eigenvalue weighted by Gasteiger charge is 2.19. The highest BCUT2D eigenvalue weighted by atomic mass is 32.2. The molecule has 0 saturated heterocycles. The highest BCUT2D eigenvalue weighted by Crippen LogP contribution is 2.16. The van der Waals surface area contributed by atoms with Crippen LogP contribution in [0.5, 0.6) is 5.75 Å². The van der Waals surface area contributed by atoms with Crippen LogP contribution in [0, 0.1) is 6.92 Å². The number of ether oxygens (including phenoxy) is 1. The molecule has 0 fully saturated rings. The Morgan fingerprint density at radius 3 is 2.24 bits per heavy atom. The molecule has 112 valence electrons. The molecule has 21 heavy (non-hydrogen) atoms. The first-order valence-corrected chi connectivity index (χ1v) is 8.06. The van der Waals surface area contributed by atoms with Gasteiger partial charge in [-0.15, -0.1) is 0 Å². The van der Waals surface area contributed by atoms with Gasteiger partial charge >= 0.3 is 0 Å². The Labute approximate surface area is 125 Å². The first kappa shape index (κ1) is 15.5. The third-order valence-corrected chi connectivity index (χ3v) is 4.26.